The second-order valence-corrected chi connectivity index (χ2v) is 6.09. The summed E-state index contributed by atoms with van der Waals surface area (Å²) in [5, 5.41) is 11.2. The van der Waals surface area contributed by atoms with Crippen molar-refractivity contribution in [2.75, 3.05) is 13.2 Å². The average Bonchev–Trinajstić information content (AvgIpc) is 2.58. The number of aliphatic hydroxyl groups is 1. The van der Waals surface area contributed by atoms with Crippen LogP contribution >= 0.6 is 0 Å². The maximum atomic E-state index is 11.5. The quantitative estimate of drug-likeness (QED) is 0.253. The molecule has 4 heteroatoms. The van der Waals surface area contributed by atoms with Gasteiger partial charge in [-0.25, -0.2) is 0 Å². The molecule has 0 aliphatic rings. The molecule has 0 bridgehead atoms. The summed E-state index contributed by atoms with van der Waals surface area (Å²) in [5.74, 6) is 0.249. The Labute approximate surface area is 147 Å². The lowest BCUT2D eigenvalue weighted by Gasteiger charge is -2.02. The minimum absolute atomic E-state index is 0.00145. The molecule has 1 amide bonds. The zero-order chi connectivity index (χ0) is 17.9. The van der Waals surface area contributed by atoms with E-state index in [-0.39, 0.29) is 18.3 Å². The summed E-state index contributed by atoms with van der Waals surface area (Å²) in [6.45, 7) is 2.49. The number of unbranched alkanes of at least 4 members (excludes halogenated alkanes) is 7. The van der Waals surface area contributed by atoms with Crippen LogP contribution in [0, 0.1) is 0 Å². The first-order chi connectivity index (χ1) is 11.7. The summed E-state index contributed by atoms with van der Waals surface area (Å²) in [7, 11) is 0. The highest BCUT2D eigenvalue weighted by Crippen LogP contribution is 2.07. The van der Waals surface area contributed by atoms with Gasteiger partial charge >= 0.3 is 0 Å². The number of carbonyl (C=O) groups excluding carboxylic acids is 2. The van der Waals surface area contributed by atoms with E-state index in [1.54, 1.807) is 6.08 Å². The SMILES string of the molecule is CCCCCC(=O)/C=C/C=C\CCCCCCCC(=O)NCCO. The number of rotatable bonds is 16. The van der Waals surface area contributed by atoms with E-state index in [1.165, 1.54) is 6.42 Å². The molecule has 0 saturated carbocycles. The normalized spacial score (nSPS) is 11.4. The molecule has 0 aliphatic carbocycles. The summed E-state index contributed by atoms with van der Waals surface area (Å²) >= 11 is 0. The number of carbonyl (C=O) groups is 2. The van der Waals surface area contributed by atoms with E-state index in [0.29, 0.717) is 19.4 Å². The van der Waals surface area contributed by atoms with Gasteiger partial charge in [-0.05, 0) is 31.8 Å². The van der Waals surface area contributed by atoms with Crippen molar-refractivity contribution < 1.29 is 14.7 Å². The topological polar surface area (TPSA) is 66.4 Å². The van der Waals surface area contributed by atoms with Crippen molar-refractivity contribution in [3.63, 3.8) is 0 Å². The predicted molar refractivity (Wildman–Crippen MR) is 99.8 cm³/mol. The Bertz CT molecular complexity index is 375. The molecule has 0 fully saturated rings. The fraction of sp³-hybridized carbons (Fsp3) is 0.700. The molecule has 4 nitrogen and oxygen atoms in total. The highest BCUT2D eigenvalue weighted by Gasteiger charge is 1.99. The molecule has 2 N–H and O–H groups in total. The number of hydrogen-bond donors (Lipinski definition) is 2. The Morgan fingerprint density at radius 2 is 1.62 bits per heavy atom. The lowest BCUT2D eigenvalue weighted by atomic mass is 10.1. The Morgan fingerprint density at radius 3 is 2.38 bits per heavy atom. The van der Waals surface area contributed by atoms with Crippen molar-refractivity contribution in [3.8, 4) is 0 Å². The van der Waals surface area contributed by atoms with Crippen LogP contribution in [0.3, 0.4) is 0 Å². The largest absolute Gasteiger partial charge is 0.395 e. The van der Waals surface area contributed by atoms with Crippen LogP contribution in [0.4, 0.5) is 0 Å². The predicted octanol–water partition coefficient (Wildman–Crippen LogP) is 4.09. The van der Waals surface area contributed by atoms with Crippen molar-refractivity contribution in [2.45, 2.75) is 77.6 Å². The second-order valence-electron chi connectivity index (χ2n) is 6.09. The molecule has 0 aliphatic heterocycles. The third-order valence-electron chi connectivity index (χ3n) is 3.76. The molecule has 0 aromatic rings. The summed E-state index contributed by atoms with van der Waals surface area (Å²) in [4.78, 5) is 22.8. The Balaban J connectivity index is 3.40. The lowest BCUT2D eigenvalue weighted by Crippen LogP contribution is -2.25. The van der Waals surface area contributed by atoms with Crippen molar-refractivity contribution >= 4 is 11.7 Å². The molecule has 0 saturated heterocycles. The molecule has 0 heterocycles. The number of ketones is 1. The van der Waals surface area contributed by atoms with Crippen LogP contribution in [0.25, 0.3) is 0 Å². The van der Waals surface area contributed by atoms with Gasteiger partial charge < -0.3 is 10.4 Å². The number of nitrogens with one attached hydrogen (secondary N) is 1. The first kappa shape index (κ1) is 22.6. The highest BCUT2D eigenvalue weighted by atomic mass is 16.3. The smallest absolute Gasteiger partial charge is 0.220 e. The van der Waals surface area contributed by atoms with Crippen molar-refractivity contribution in [1.82, 2.24) is 5.32 Å². The fourth-order valence-corrected chi connectivity index (χ4v) is 2.33. The van der Waals surface area contributed by atoms with Gasteiger partial charge in [0.2, 0.25) is 5.91 Å². The van der Waals surface area contributed by atoms with Gasteiger partial charge in [-0.3, -0.25) is 9.59 Å². The lowest BCUT2D eigenvalue weighted by molar-refractivity contribution is -0.121. The number of aliphatic hydroxyl groups excluding tert-OH is 1. The first-order valence-corrected chi connectivity index (χ1v) is 9.44. The van der Waals surface area contributed by atoms with E-state index in [2.05, 4.69) is 18.3 Å². The number of hydrogen-bond acceptors (Lipinski definition) is 3. The second kappa shape index (κ2) is 17.9. The first-order valence-electron chi connectivity index (χ1n) is 9.44. The molecule has 0 aromatic heterocycles. The monoisotopic (exact) mass is 337 g/mol. The highest BCUT2D eigenvalue weighted by molar-refractivity contribution is 5.89. The molecule has 24 heavy (non-hydrogen) atoms. The van der Waals surface area contributed by atoms with Crippen LogP contribution < -0.4 is 5.32 Å². The van der Waals surface area contributed by atoms with Crippen molar-refractivity contribution in [1.29, 1.82) is 0 Å². The fourth-order valence-electron chi connectivity index (χ4n) is 2.33. The van der Waals surface area contributed by atoms with Gasteiger partial charge in [-0.15, -0.1) is 0 Å². The Morgan fingerprint density at radius 1 is 0.917 bits per heavy atom. The molecule has 0 unspecified atom stereocenters. The Hall–Kier alpha value is -1.42. The summed E-state index contributed by atoms with van der Waals surface area (Å²) in [6.07, 6.45) is 18.6. The van der Waals surface area contributed by atoms with E-state index in [9.17, 15) is 9.59 Å². The van der Waals surface area contributed by atoms with Gasteiger partial charge in [0.15, 0.2) is 5.78 Å². The molecular formula is C20H35NO3. The van der Waals surface area contributed by atoms with E-state index in [4.69, 9.17) is 5.11 Å². The van der Waals surface area contributed by atoms with E-state index < -0.39 is 0 Å². The maximum Gasteiger partial charge on any atom is 0.220 e. The zero-order valence-corrected chi connectivity index (χ0v) is 15.3. The van der Waals surface area contributed by atoms with E-state index >= 15 is 0 Å². The van der Waals surface area contributed by atoms with Gasteiger partial charge in [-0.1, -0.05) is 57.3 Å². The molecule has 0 aromatic carbocycles. The maximum absolute atomic E-state index is 11.5. The third kappa shape index (κ3) is 16.9. The van der Waals surface area contributed by atoms with Crippen LogP contribution in [0.15, 0.2) is 24.3 Å². The summed E-state index contributed by atoms with van der Waals surface area (Å²) in [5.41, 5.74) is 0. The molecular weight excluding hydrogens is 302 g/mol. The molecule has 138 valence electrons. The standard InChI is InChI=1S/C20H35NO3/c1-2-3-11-14-19(23)15-12-9-7-5-4-6-8-10-13-16-20(24)21-17-18-22/h7,9,12,15,22H,2-6,8,10-11,13-14,16-18H2,1H3,(H,21,24)/b9-7-,15-12+. The minimum Gasteiger partial charge on any atom is -0.395 e. The Kier molecular flexibility index (Phi) is 16.9. The van der Waals surface area contributed by atoms with Gasteiger partial charge in [0.1, 0.15) is 0 Å². The van der Waals surface area contributed by atoms with Crippen molar-refractivity contribution in [3.05, 3.63) is 24.3 Å². The molecule has 0 atom stereocenters. The minimum atomic E-state index is 0.00145. The number of allylic oxidation sites excluding steroid dienone is 4. The molecule has 0 rings (SSSR count). The summed E-state index contributed by atoms with van der Waals surface area (Å²) in [6, 6.07) is 0. The molecule has 0 spiro atoms. The zero-order valence-electron chi connectivity index (χ0n) is 15.3. The summed E-state index contributed by atoms with van der Waals surface area (Å²) < 4.78 is 0. The van der Waals surface area contributed by atoms with Crippen LogP contribution in [0.5, 0.6) is 0 Å². The van der Waals surface area contributed by atoms with Crippen molar-refractivity contribution in [2.24, 2.45) is 0 Å². The van der Waals surface area contributed by atoms with E-state index in [0.717, 1.165) is 51.4 Å². The van der Waals surface area contributed by atoms with Crippen LogP contribution in [-0.2, 0) is 9.59 Å². The molecule has 0 radical (unpaired) electrons. The van der Waals surface area contributed by atoms with Gasteiger partial charge in [0.25, 0.3) is 0 Å². The average molecular weight is 338 g/mol. The van der Waals surface area contributed by atoms with Crippen LogP contribution in [0.2, 0.25) is 0 Å². The third-order valence-corrected chi connectivity index (χ3v) is 3.76. The van der Waals surface area contributed by atoms with Gasteiger partial charge in [0, 0.05) is 19.4 Å². The van der Waals surface area contributed by atoms with Gasteiger partial charge in [0.05, 0.1) is 6.61 Å². The number of amides is 1. The van der Waals surface area contributed by atoms with Crippen LogP contribution in [0.1, 0.15) is 77.6 Å². The van der Waals surface area contributed by atoms with E-state index in [1.807, 2.05) is 12.2 Å². The van der Waals surface area contributed by atoms with Gasteiger partial charge in [-0.2, -0.15) is 0 Å². The van der Waals surface area contributed by atoms with Crippen LogP contribution in [-0.4, -0.2) is 29.9 Å².